The number of anilines is 1. The Bertz CT molecular complexity index is 625. The molecule has 1 aromatic rings. The van der Waals surface area contributed by atoms with Gasteiger partial charge in [-0.15, -0.1) is 5.10 Å². The third kappa shape index (κ3) is 3.22. The normalized spacial score (nSPS) is 33.4. The van der Waals surface area contributed by atoms with Gasteiger partial charge in [0.15, 0.2) is 0 Å². The lowest BCUT2D eigenvalue weighted by atomic mass is 9.53. The molecule has 130 valence electrons. The van der Waals surface area contributed by atoms with Crippen LogP contribution in [0.1, 0.15) is 38.5 Å². The Morgan fingerprint density at radius 3 is 2.38 bits per heavy atom. The molecule has 0 aromatic carbocycles. The number of amides is 3. The molecular formula is C15H22N6O2S. The van der Waals surface area contributed by atoms with Crippen molar-refractivity contribution in [3.05, 3.63) is 0 Å². The van der Waals surface area contributed by atoms with Gasteiger partial charge in [0.25, 0.3) is 0 Å². The van der Waals surface area contributed by atoms with Gasteiger partial charge in [-0.2, -0.15) is 4.98 Å². The average molecular weight is 350 g/mol. The smallest absolute Gasteiger partial charge is 0.321 e. The van der Waals surface area contributed by atoms with Gasteiger partial charge in [-0.25, -0.2) is 9.89 Å². The zero-order chi connectivity index (χ0) is 16.7. The van der Waals surface area contributed by atoms with Crippen molar-refractivity contribution in [2.75, 3.05) is 11.5 Å². The van der Waals surface area contributed by atoms with Crippen molar-refractivity contribution in [1.82, 2.24) is 25.8 Å². The number of nitrogens with one attached hydrogen (secondary N) is 3. The number of aromatic amines is 1. The van der Waals surface area contributed by atoms with E-state index in [-0.39, 0.29) is 29.2 Å². The van der Waals surface area contributed by atoms with Crippen LogP contribution in [0, 0.1) is 17.8 Å². The summed E-state index contributed by atoms with van der Waals surface area (Å²) in [6.07, 6.45) is 7.14. The zero-order valence-electron chi connectivity index (χ0n) is 13.4. The molecule has 0 spiro atoms. The number of imide groups is 1. The molecule has 24 heavy (non-hydrogen) atoms. The van der Waals surface area contributed by atoms with Gasteiger partial charge < -0.3 is 11.1 Å². The van der Waals surface area contributed by atoms with E-state index in [1.54, 1.807) is 0 Å². The molecule has 1 heterocycles. The van der Waals surface area contributed by atoms with Gasteiger partial charge in [0.05, 0.1) is 5.75 Å². The van der Waals surface area contributed by atoms with E-state index in [2.05, 4.69) is 25.8 Å². The predicted molar refractivity (Wildman–Crippen MR) is 89.1 cm³/mol. The number of aromatic nitrogens is 3. The molecular weight excluding hydrogens is 328 g/mol. The second kappa shape index (κ2) is 5.94. The number of nitrogens with two attached hydrogens (primary N) is 1. The van der Waals surface area contributed by atoms with Gasteiger partial charge in [0, 0.05) is 5.54 Å². The van der Waals surface area contributed by atoms with Crippen LogP contribution in [-0.4, -0.2) is 38.4 Å². The number of hydrogen-bond donors (Lipinski definition) is 4. The minimum Gasteiger partial charge on any atom is -0.368 e. The topological polar surface area (TPSA) is 126 Å². The summed E-state index contributed by atoms with van der Waals surface area (Å²) in [5.74, 6) is 2.17. The number of carbonyl (C=O) groups is 2. The highest BCUT2D eigenvalue weighted by Gasteiger charge is 2.51. The molecule has 5 N–H and O–H groups in total. The van der Waals surface area contributed by atoms with Crippen LogP contribution < -0.4 is 16.4 Å². The molecule has 8 nitrogen and oxygen atoms in total. The molecule has 3 amide bonds. The second-order valence-corrected chi connectivity index (χ2v) is 8.43. The lowest BCUT2D eigenvalue weighted by Gasteiger charge is -2.56. The van der Waals surface area contributed by atoms with Crippen LogP contribution in [0.3, 0.4) is 0 Å². The van der Waals surface area contributed by atoms with E-state index in [0.717, 1.165) is 48.8 Å². The van der Waals surface area contributed by atoms with Gasteiger partial charge >= 0.3 is 6.03 Å². The third-order valence-corrected chi connectivity index (χ3v) is 6.33. The minimum absolute atomic E-state index is 0.0750. The summed E-state index contributed by atoms with van der Waals surface area (Å²) in [6, 6.07) is -0.378. The van der Waals surface area contributed by atoms with Crippen LogP contribution in [0.2, 0.25) is 0 Å². The summed E-state index contributed by atoms with van der Waals surface area (Å²) in [5, 5.41) is 12.3. The van der Waals surface area contributed by atoms with Crippen molar-refractivity contribution >= 4 is 29.6 Å². The maximum absolute atomic E-state index is 12.2. The van der Waals surface area contributed by atoms with E-state index in [9.17, 15) is 9.59 Å². The third-order valence-electron chi connectivity index (χ3n) is 5.48. The SMILES string of the molecule is Nc1nc(SCC(=O)NC(=O)NC23CC4CC(CC(C4)C2)C3)n[nH]1. The lowest BCUT2D eigenvalue weighted by molar-refractivity contribution is -0.117. The monoisotopic (exact) mass is 350 g/mol. The van der Waals surface area contributed by atoms with E-state index in [1.165, 1.54) is 19.3 Å². The fourth-order valence-corrected chi connectivity index (χ4v) is 5.76. The van der Waals surface area contributed by atoms with Crippen LogP contribution in [0.5, 0.6) is 0 Å². The Morgan fingerprint density at radius 2 is 1.83 bits per heavy atom. The lowest BCUT2D eigenvalue weighted by Crippen LogP contribution is -2.61. The molecule has 1 aromatic heterocycles. The Kier molecular flexibility index (Phi) is 3.90. The Balaban J connectivity index is 1.28. The summed E-state index contributed by atoms with van der Waals surface area (Å²) in [5.41, 5.74) is 5.33. The molecule has 0 saturated heterocycles. The van der Waals surface area contributed by atoms with Gasteiger partial charge in [0.2, 0.25) is 17.0 Å². The van der Waals surface area contributed by atoms with E-state index < -0.39 is 0 Å². The van der Waals surface area contributed by atoms with Crippen molar-refractivity contribution in [3.63, 3.8) is 0 Å². The molecule has 4 aliphatic carbocycles. The predicted octanol–water partition coefficient (Wildman–Crippen LogP) is 1.27. The summed E-state index contributed by atoms with van der Waals surface area (Å²) in [7, 11) is 0. The molecule has 0 unspecified atom stereocenters. The van der Waals surface area contributed by atoms with E-state index in [1.807, 2.05) is 0 Å². The van der Waals surface area contributed by atoms with Gasteiger partial charge in [0.1, 0.15) is 0 Å². The summed E-state index contributed by atoms with van der Waals surface area (Å²) in [4.78, 5) is 28.1. The van der Waals surface area contributed by atoms with Crippen LogP contribution in [0.25, 0.3) is 0 Å². The second-order valence-electron chi connectivity index (χ2n) is 7.49. The number of nitrogen functional groups attached to an aromatic ring is 1. The summed E-state index contributed by atoms with van der Waals surface area (Å²) < 4.78 is 0. The molecule has 0 radical (unpaired) electrons. The van der Waals surface area contributed by atoms with Gasteiger partial charge in [-0.3, -0.25) is 10.1 Å². The average Bonchev–Trinajstić information content (AvgIpc) is 2.88. The summed E-state index contributed by atoms with van der Waals surface area (Å²) in [6.45, 7) is 0. The Morgan fingerprint density at radius 1 is 1.21 bits per heavy atom. The fraction of sp³-hybridized carbons (Fsp3) is 0.733. The van der Waals surface area contributed by atoms with E-state index in [0.29, 0.717) is 5.16 Å². The summed E-state index contributed by atoms with van der Waals surface area (Å²) >= 11 is 1.14. The highest BCUT2D eigenvalue weighted by molar-refractivity contribution is 7.99. The Hall–Kier alpha value is -1.77. The zero-order valence-corrected chi connectivity index (χ0v) is 14.2. The fourth-order valence-electron chi connectivity index (χ4n) is 5.15. The van der Waals surface area contributed by atoms with Crippen molar-refractivity contribution in [2.45, 2.75) is 49.2 Å². The maximum Gasteiger partial charge on any atom is 0.321 e. The van der Waals surface area contributed by atoms with Crippen LogP contribution in [0.15, 0.2) is 5.16 Å². The molecule has 4 aliphatic rings. The van der Waals surface area contributed by atoms with Crippen LogP contribution in [-0.2, 0) is 4.79 Å². The van der Waals surface area contributed by atoms with Crippen LogP contribution in [0.4, 0.5) is 10.7 Å². The van der Waals surface area contributed by atoms with Crippen molar-refractivity contribution in [3.8, 4) is 0 Å². The number of H-pyrrole nitrogens is 1. The molecule has 4 bridgehead atoms. The number of carbonyl (C=O) groups excluding carboxylic acids is 2. The molecule has 9 heteroatoms. The highest BCUT2D eigenvalue weighted by atomic mass is 32.2. The first-order valence-electron chi connectivity index (χ1n) is 8.42. The number of rotatable bonds is 4. The Labute approximate surface area is 144 Å². The number of nitrogens with zero attached hydrogens (tertiary/aromatic N) is 2. The standard InChI is InChI=1S/C15H22N6O2S/c16-12-18-14(21-20-12)24-7-11(22)17-13(23)19-15-4-8-1-9(5-15)3-10(2-8)6-15/h8-10H,1-7H2,(H3,16,18,20,21)(H2,17,19,22,23). The van der Waals surface area contributed by atoms with Crippen molar-refractivity contribution in [1.29, 1.82) is 0 Å². The molecule has 0 aliphatic heterocycles. The molecule has 5 rings (SSSR count). The first-order chi connectivity index (χ1) is 11.5. The van der Waals surface area contributed by atoms with E-state index in [4.69, 9.17) is 5.73 Å². The van der Waals surface area contributed by atoms with Crippen LogP contribution >= 0.6 is 11.8 Å². The van der Waals surface area contributed by atoms with Crippen molar-refractivity contribution in [2.24, 2.45) is 17.8 Å². The van der Waals surface area contributed by atoms with Crippen molar-refractivity contribution < 1.29 is 9.59 Å². The highest BCUT2D eigenvalue weighted by Crippen LogP contribution is 2.55. The largest absolute Gasteiger partial charge is 0.368 e. The van der Waals surface area contributed by atoms with Gasteiger partial charge in [-0.05, 0) is 56.3 Å². The molecule has 4 fully saturated rings. The maximum atomic E-state index is 12.2. The number of hydrogen-bond acceptors (Lipinski definition) is 6. The number of thioether (sulfide) groups is 1. The minimum atomic E-state index is -0.378. The van der Waals surface area contributed by atoms with Gasteiger partial charge in [-0.1, -0.05) is 11.8 Å². The quantitative estimate of drug-likeness (QED) is 0.606. The van der Waals surface area contributed by atoms with E-state index >= 15 is 0 Å². The first kappa shape index (κ1) is 15.7. The number of urea groups is 1. The first-order valence-corrected chi connectivity index (χ1v) is 9.41. The molecule has 0 atom stereocenters. The molecule has 4 saturated carbocycles.